The van der Waals surface area contributed by atoms with E-state index in [1.165, 1.54) is 12.1 Å². The summed E-state index contributed by atoms with van der Waals surface area (Å²) in [5, 5.41) is 12.9. The van der Waals surface area contributed by atoms with Gasteiger partial charge in [0.25, 0.3) is 0 Å². The van der Waals surface area contributed by atoms with Gasteiger partial charge in [-0.15, -0.1) is 0 Å². The molecule has 94 valence electrons. The van der Waals surface area contributed by atoms with Gasteiger partial charge in [0.1, 0.15) is 11.6 Å². The third-order valence-electron chi connectivity index (χ3n) is 2.94. The van der Waals surface area contributed by atoms with Gasteiger partial charge in [-0.3, -0.25) is 0 Å². The van der Waals surface area contributed by atoms with E-state index in [1.807, 2.05) is 25.1 Å². The zero-order valence-corrected chi connectivity index (χ0v) is 10.2. The molecule has 0 bridgehead atoms. The number of para-hydroxylation sites is 1. The van der Waals surface area contributed by atoms with Crippen molar-refractivity contribution in [1.82, 2.24) is 5.32 Å². The van der Waals surface area contributed by atoms with E-state index in [9.17, 15) is 9.50 Å². The summed E-state index contributed by atoms with van der Waals surface area (Å²) in [6, 6.07) is 13.7. The highest BCUT2D eigenvalue weighted by molar-refractivity contribution is 5.31. The summed E-state index contributed by atoms with van der Waals surface area (Å²) in [5.41, 5.74) is 1.73. The summed E-state index contributed by atoms with van der Waals surface area (Å²) in [6.45, 7) is 2.51. The second-order valence-corrected chi connectivity index (χ2v) is 4.29. The Morgan fingerprint density at radius 1 is 1.17 bits per heavy atom. The van der Waals surface area contributed by atoms with Crippen LogP contribution in [0, 0.1) is 5.82 Å². The van der Waals surface area contributed by atoms with Crippen LogP contribution < -0.4 is 5.32 Å². The Bertz CT molecular complexity index is 527. The highest BCUT2D eigenvalue weighted by Gasteiger charge is 2.07. The van der Waals surface area contributed by atoms with Gasteiger partial charge in [-0.2, -0.15) is 0 Å². The average Bonchev–Trinajstić information content (AvgIpc) is 2.37. The molecule has 0 saturated heterocycles. The van der Waals surface area contributed by atoms with Crippen LogP contribution in [0.25, 0.3) is 0 Å². The largest absolute Gasteiger partial charge is 0.508 e. The first-order valence-electron chi connectivity index (χ1n) is 5.92. The molecule has 0 aliphatic heterocycles. The summed E-state index contributed by atoms with van der Waals surface area (Å²) in [4.78, 5) is 0. The number of rotatable bonds is 4. The molecule has 0 spiro atoms. The molecule has 0 aliphatic carbocycles. The molecular formula is C15H16FNO. The molecule has 2 rings (SSSR count). The van der Waals surface area contributed by atoms with Crippen LogP contribution in [0.1, 0.15) is 24.1 Å². The van der Waals surface area contributed by atoms with Crippen LogP contribution in [-0.2, 0) is 6.54 Å². The van der Waals surface area contributed by atoms with E-state index in [1.54, 1.807) is 18.2 Å². The first-order valence-corrected chi connectivity index (χ1v) is 5.92. The fourth-order valence-electron chi connectivity index (χ4n) is 1.82. The van der Waals surface area contributed by atoms with E-state index in [0.717, 1.165) is 11.1 Å². The molecule has 0 radical (unpaired) electrons. The Morgan fingerprint density at radius 2 is 1.94 bits per heavy atom. The minimum atomic E-state index is -0.233. The number of phenolic OH excluding ortho intramolecular Hbond substituents is 1. The highest BCUT2D eigenvalue weighted by Crippen LogP contribution is 2.18. The van der Waals surface area contributed by atoms with Gasteiger partial charge in [-0.25, -0.2) is 4.39 Å². The molecule has 0 saturated carbocycles. The number of nitrogens with one attached hydrogen (secondary N) is 1. The van der Waals surface area contributed by atoms with Crippen molar-refractivity contribution in [3.8, 4) is 5.75 Å². The minimum Gasteiger partial charge on any atom is -0.508 e. The molecule has 18 heavy (non-hydrogen) atoms. The third-order valence-corrected chi connectivity index (χ3v) is 2.94. The van der Waals surface area contributed by atoms with Gasteiger partial charge in [0.05, 0.1) is 0 Å². The molecule has 3 heteroatoms. The topological polar surface area (TPSA) is 32.3 Å². The number of aromatic hydroxyl groups is 1. The van der Waals surface area contributed by atoms with E-state index in [2.05, 4.69) is 5.32 Å². The Kier molecular flexibility index (Phi) is 3.95. The van der Waals surface area contributed by atoms with E-state index in [4.69, 9.17) is 0 Å². The fourth-order valence-corrected chi connectivity index (χ4v) is 1.82. The van der Waals surface area contributed by atoms with Crippen molar-refractivity contribution in [2.45, 2.75) is 19.5 Å². The predicted octanol–water partition coefficient (Wildman–Crippen LogP) is 3.38. The third kappa shape index (κ3) is 3.08. The van der Waals surface area contributed by atoms with Gasteiger partial charge in [-0.05, 0) is 30.7 Å². The Hall–Kier alpha value is -1.87. The van der Waals surface area contributed by atoms with Crippen LogP contribution in [-0.4, -0.2) is 5.11 Å². The van der Waals surface area contributed by atoms with Crippen molar-refractivity contribution in [2.75, 3.05) is 0 Å². The van der Waals surface area contributed by atoms with Gasteiger partial charge in [0.2, 0.25) is 0 Å². The molecule has 2 aromatic carbocycles. The number of hydrogen-bond acceptors (Lipinski definition) is 2. The van der Waals surface area contributed by atoms with E-state index in [0.29, 0.717) is 6.54 Å². The Labute approximate surface area is 106 Å². The fraction of sp³-hybridized carbons (Fsp3) is 0.200. The summed E-state index contributed by atoms with van der Waals surface area (Å²) in [6.07, 6.45) is 0. The summed E-state index contributed by atoms with van der Waals surface area (Å²) in [7, 11) is 0. The Morgan fingerprint density at radius 3 is 2.67 bits per heavy atom. The summed E-state index contributed by atoms with van der Waals surface area (Å²) in [5.74, 6) is 0.0418. The average molecular weight is 245 g/mol. The molecule has 1 unspecified atom stereocenters. The standard InChI is InChI=1S/C15H16FNO/c1-11(12-6-4-7-14(16)9-12)17-10-13-5-2-3-8-15(13)18/h2-9,11,17-18H,10H2,1H3. The van der Waals surface area contributed by atoms with Crippen molar-refractivity contribution in [2.24, 2.45) is 0 Å². The lowest BCUT2D eigenvalue weighted by atomic mass is 10.1. The predicted molar refractivity (Wildman–Crippen MR) is 69.8 cm³/mol. The smallest absolute Gasteiger partial charge is 0.123 e. The van der Waals surface area contributed by atoms with Crippen molar-refractivity contribution in [1.29, 1.82) is 0 Å². The first kappa shape index (κ1) is 12.6. The van der Waals surface area contributed by atoms with Crippen molar-refractivity contribution in [3.63, 3.8) is 0 Å². The number of hydrogen-bond donors (Lipinski definition) is 2. The van der Waals surface area contributed by atoms with Crippen molar-refractivity contribution in [3.05, 3.63) is 65.5 Å². The summed E-state index contributed by atoms with van der Waals surface area (Å²) < 4.78 is 13.1. The molecule has 2 nitrogen and oxygen atoms in total. The second kappa shape index (κ2) is 5.65. The minimum absolute atomic E-state index is 0.0281. The molecule has 0 heterocycles. The van der Waals surface area contributed by atoms with E-state index >= 15 is 0 Å². The van der Waals surface area contributed by atoms with E-state index < -0.39 is 0 Å². The van der Waals surface area contributed by atoms with Gasteiger partial charge >= 0.3 is 0 Å². The van der Waals surface area contributed by atoms with Crippen LogP contribution in [0.4, 0.5) is 4.39 Å². The lowest BCUT2D eigenvalue weighted by molar-refractivity contribution is 0.460. The zero-order valence-electron chi connectivity index (χ0n) is 10.2. The lowest BCUT2D eigenvalue weighted by Gasteiger charge is -2.15. The van der Waals surface area contributed by atoms with Crippen LogP contribution in [0.5, 0.6) is 5.75 Å². The maximum absolute atomic E-state index is 13.1. The first-order chi connectivity index (χ1) is 8.66. The maximum Gasteiger partial charge on any atom is 0.123 e. The van der Waals surface area contributed by atoms with Crippen LogP contribution in [0.2, 0.25) is 0 Å². The molecule has 2 aromatic rings. The highest BCUT2D eigenvalue weighted by atomic mass is 19.1. The van der Waals surface area contributed by atoms with Gasteiger partial charge in [-0.1, -0.05) is 30.3 Å². The maximum atomic E-state index is 13.1. The summed E-state index contributed by atoms with van der Waals surface area (Å²) >= 11 is 0. The van der Waals surface area contributed by atoms with Gasteiger partial charge in [0.15, 0.2) is 0 Å². The molecule has 0 aliphatic rings. The monoisotopic (exact) mass is 245 g/mol. The Balaban J connectivity index is 2.00. The van der Waals surface area contributed by atoms with Crippen LogP contribution >= 0.6 is 0 Å². The molecule has 0 fully saturated rings. The van der Waals surface area contributed by atoms with Crippen LogP contribution in [0.3, 0.4) is 0 Å². The number of phenols is 1. The van der Waals surface area contributed by atoms with Crippen LogP contribution in [0.15, 0.2) is 48.5 Å². The zero-order chi connectivity index (χ0) is 13.0. The second-order valence-electron chi connectivity index (χ2n) is 4.29. The van der Waals surface area contributed by atoms with E-state index in [-0.39, 0.29) is 17.6 Å². The number of benzene rings is 2. The molecule has 1 atom stereocenters. The van der Waals surface area contributed by atoms with Crippen molar-refractivity contribution >= 4 is 0 Å². The normalized spacial score (nSPS) is 12.3. The van der Waals surface area contributed by atoms with Crippen molar-refractivity contribution < 1.29 is 9.50 Å². The molecular weight excluding hydrogens is 229 g/mol. The lowest BCUT2D eigenvalue weighted by Crippen LogP contribution is -2.18. The molecule has 0 amide bonds. The quantitative estimate of drug-likeness (QED) is 0.865. The van der Waals surface area contributed by atoms with Gasteiger partial charge in [0, 0.05) is 18.2 Å². The SMILES string of the molecule is CC(NCc1ccccc1O)c1cccc(F)c1. The number of halogens is 1. The molecule has 2 N–H and O–H groups in total. The van der Waals surface area contributed by atoms with Gasteiger partial charge < -0.3 is 10.4 Å². The molecule has 0 aromatic heterocycles.